The molecule has 0 atom stereocenters. The van der Waals surface area contributed by atoms with E-state index < -0.39 is 17.6 Å². The van der Waals surface area contributed by atoms with E-state index >= 15 is 0 Å². The molecule has 1 amide bonds. The maximum atomic E-state index is 13.2. The van der Waals surface area contributed by atoms with Crippen molar-refractivity contribution in [1.82, 2.24) is 14.7 Å². The highest BCUT2D eigenvalue weighted by Gasteiger charge is 2.32. The van der Waals surface area contributed by atoms with Crippen LogP contribution in [-0.4, -0.2) is 28.4 Å². The molecular weight excluding hydrogens is 496 g/mol. The van der Waals surface area contributed by atoms with Crippen molar-refractivity contribution in [2.24, 2.45) is 0 Å². The number of hydrogen-bond acceptors (Lipinski definition) is 3. The second-order valence-corrected chi connectivity index (χ2v) is 9.57. The number of nitrogens with one attached hydrogen (secondary N) is 1. The Balaban J connectivity index is 1.22. The van der Waals surface area contributed by atoms with Crippen LogP contribution in [0, 0.1) is 5.82 Å². The number of fused-ring (bicyclic) bond motifs is 1. The van der Waals surface area contributed by atoms with Crippen molar-refractivity contribution in [2.45, 2.75) is 44.8 Å². The zero-order valence-electron chi connectivity index (χ0n) is 20.9. The fraction of sp³-hybridized carbons (Fsp3) is 0.310. The van der Waals surface area contributed by atoms with Crippen LogP contribution in [0.1, 0.15) is 58.6 Å². The number of aryl methyl sites for hydroxylation is 1. The lowest BCUT2D eigenvalue weighted by molar-refractivity contribution is -0.137. The smallest absolute Gasteiger partial charge is 0.371 e. The van der Waals surface area contributed by atoms with Gasteiger partial charge in [0.05, 0.1) is 11.3 Å². The Kier molecular flexibility index (Phi) is 7.10. The number of pyridine rings is 1. The first-order valence-electron chi connectivity index (χ1n) is 12.7. The highest BCUT2D eigenvalue weighted by Crippen LogP contribution is 2.31. The van der Waals surface area contributed by atoms with Gasteiger partial charge in [-0.3, -0.25) is 9.20 Å². The molecule has 0 saturated carbocycles. The minimum absolute atomic E-state index is 0.120. The van der Waals surface area contributed by atoms with E-state index in [4.69, 9.17) is 0 Å². The highest BCUT2D eigenvalue weighted by atomic mass is 19.4. The lowest BCUT2D eigenvalue weighted by atomic mass is 9.89. The normalized spacial score (nSPS) is 14.7. The third-order valence-corrected chi connectivity index (χ3v) is 7.16. The molecule has 1 aliphatic rings. The third kappa shape index (κ3) is 5.37. The van der Waals surface area contributed by atoms with E-state index in [1.807, 2.05) is 43.3 Å². The molecule has 2 aromatic heterocycles. The molecule has 1 N–H and O–H groups in total. The van der Waals surface area contributed by atoms with E-state index in [1.54, 1.807) is 0 Å². The van der Waals surface area contributed by atoms with Crippen LogP contribution in [0.3, 0.4) is 0 Å². The van der Waals surface area contributed by atoms with Crippen molar-refractivity contribution in [3.8, 4) is 0 Å². The first-order chi connectivity index (χ1) is 18.2. The molecule has 38 heavy (non-hydrogen) atoms. The van der Waals surface area contributed by atoms with Gasteiger partial charge in [-0.05, 0) is 72.7 Å². The summed E-state index contributed by atoms with van der Waals surface area (Å²) in [6, 6.07) is 16.9. The SMILES string of the molecule is CCc1nc2ccc(C(F)(F)F)cn2c1C(=O)NCc1ccc(N2CCC(c3ccc(F)cc3)CC2)cc1. The fourth-order valence-corrected chi connectivity index (χ4v) is 5.04. The van der Waals surface area contributed by atoms with Crippen molar-refractivity contribution in [3.63, 3.8) is 0 Å². The summed E-state index contributed by atoms with van der Waals surface area (Å²) in [4.78, 5) is 19.7. The van der Waals surface area contributed by atoms with E-state index in [0.717, 1.165) is 49.4 Å². The predicted octanol–water partition coefficient (Wildman–Crippen LogP) is 6.37. The Morgan fingerprint density at radius 1 is 1.00 bits per heavy atom. The van der Waals surface area contributed by atoms with Gasteiger partial charge in [0, 0.05) is 31.5 Å². The van der Waals surface area contributed by atoms with E-state index in [1.165, 1.54) is 28.2 Å². The van der Waals surface area contributed by atoms with Crippen molar-refractivity contribution >= 4 is 17.2 Å². The second kappa shape index (κ2) is 10.5. The number of piperidine rings is 1. The molecule has 0 unspecified atom stereocenters. The highest BCUT2D eigenvalue weighted by molar-refractivity contribution is 5.94. The maximum Gasteiger partial charge on any atom is 0.417 e. The Morgan fingerprint density at radius 2 is 1.68 bits per heavy atom. The summed E-state index contributed by atoms with van der Waals surface area (Å²) < 4.78 is 54.1. The van der Waals surface area contributed by atoms with Crippen molar-refractivity contribution in [3.05, 3.63) is 101 Å². The van der Waals surface area contributed by atoms with E-state index in [9.17, 15) is 22.4 Å². The van der Waals surface area contributed by atoms with E-state index in [0.29, 0.717) is 23.7 Å². The van der Waals surface area contributed by atoms with Gasteiger partial charge in [0.2, 0.25) is 0 Å². The van der Waals surface area contributed by atoms with E-state index in [2.05, 4.69) is 15.2 Å². The molecule has 9 heteroatoms. The lowest BCUT2D eigenvalue weighted by Gasteiger charge is -2.34. The van der Waals surface area contributed by atoms with Gasteiger partial charge in [-0.2, -0.15) is 13.2 Å². The fourth-order valence-electron chi connectivity index (χ4n) is 5.04. The van der Waals surface area contributed by atoms with Crippen LogP contribution in [0.2, 0.25) is 0 Å². The summed E-state index contributed by atoms with van der Waals surface area (Å²) in [6.07, 6.45) is -1.21. The van der Waals surface area contributed by atoms with Gasteiger partial charge in [0.25, 0.3) is 5.91 Å². The number of halogens is 4. The van der Waals surface area contributed by atoms with Gasteiger partial charge in [-0.1, -0.05) is 31.2 Å². The molecule has 198 valence electrons. The topological polar surface area (TPSA) is 49.6 Å². The number of amides is 1. The molecule has 0 bridgehead atoms. The number of anilines is 1. The second-order valence-electron chi connectivity index (χ2n) is 9.57. The molecule has 1 aliphatic heterocycles. The van der Waals surface area contributed by atoms with Gasteiger partial charge < -0.3 is 10.2 Å². The number of alkyl halides is 3. The van der Waals surface area contributed by atoms with Gasteiger partial charge in [-0.25, -0.2) is 9.37 Å². The number of nitrogens with zero attached hydrogens (tertiary/aromatic N) is 3. The first kappa shape index (κ1) is 25.8. The van der Waals surface area contributed by atoms with Crippen LogP contribution in [0.4, 0.5) is 23.2 Å². The van der Waals surface area contributed by atoms with Crippen LogP contribution >= 0.6 is 0 Å². The molecule has 1 fully saturated rings. The molecular formula is C29H28F4N4O. The van der Waals surface area contributed by atoms with Crippen LogP contribution in [0.15, 0.2) is 66.9 Å². The Labute approximate surface area is 218 Å². The molecule has 5 rings (SSSR count). The monoisotopic (exact) mass is 524 g/mol. The number of imidazole rings is 1. The molecule has 5 nitrogen and oxygen atoms in total. The average Bonchev–Trinajstić information content (AvgIpc) is 3.30. The molecule has 0 aliphatic carbocycles. The molecule has 0 radical (unpaired) electrons. The zero-order valence-corrected chi connectivity index (χ0v) is 20.9. The Hall–Kier alpha value is -3.88. The Morgan fingerprint density at radius 3 is 2.32 bits per heavy atom. The molecule has 3 heterocycles. The minimum atomic E-state index is -4.52. The number of carbonyl (C=O) groups is 1. The number of aromatic nitrogens is 2. The van der Waals surface area contributed by atoms with Gasteiger partial charge in [0.15, 0.2) is 0 Å². The van der Waals surface area contributed by atoms with Crippen molar-refractivity contribution in [1.29, 1.82) is 0 Å². The van der Waals surface area contributed by atoms with Crippen LogP contribution in [0.5, 0.6) is 0 Å². The summed E-state index contributed by atoms with van der Waals surface area (Å²) >= 11 is 0. The van der Waals surface area contributed by atoms with Gasteiger partial charge in [-0.15, -0.1) is 0 Å². The quantitative estimate of drug-likeness (QED) is 0.298. The molecule has 4 aromatic rings. The number of rotatable bonds is 6. The minimum Gasteiger partial charge on any atom is -0.371 e. The molecule has 0 spiro atoms. The summed E-state index contributed by atoms with van der Waals surface area (Å²) in [5, 5.41) is 2.83. The van der Waals surface area contributed by atoms with E-state index in [-0.39, 0.29) is 18.1 Å². The summed E-state index contributed by atoms with van der Waals surface area (Å²) in [6.45, 7) is 3.84. The lowest BCUT2D eigenvalue weighted by Crippen LogP contribution is -2.32. The third-order valence-electron chi connectivity index (χ3n) is 7.16. The Bertz CT molecular complexity index is 1420. The predicted molar refractivity (Wildman–Crippen MR) is 138 cm³/mol. The average molecular weight is 525 g/mol. The standard InChI is InChI=1S/C29H28F4N4O/c1-2-25-27(37-18-22(29(31,32)33)7-12-26(37)35-25)28(38)34-17-19-3-10-24(11-4-19)36-15-13-21(14-16-36)20-5-8-23(30)9-6-20/h3-12,18,21H,2,13-17H2,1H3,(H,34,38). The summed E-state index contributed by atoms with van der Waals surface area (Å²) in [7, 11) is 0. The summed E-state index contributed by atoms with van der Waals surface area (Å²) in [5.41, 5.74) is 3.17. The van der Waals surface area contributed by atoms with Gasteiger partial charge in [0.1, 0.15) is 17.2 Å². The van der Waals surface area contributed by atoms with Gasteiger partial charge >= 0.3 is 6.18 Å². The van der Waals surface area contributed by atoms with Crippen LogP contribution in [-0.2, 0) is 19.1 Å². The number of carbonyl (C=O) groups excluding carboxylic acids is 1. The number of hydrogen-bond donors (Lipinski definition) is 1. The molecule has 2 aromatic carbocycles. The summed E-state index contributed by atoms with van der Waals surface area (Å²) in [5.74, 6) is -0.274. The van der Waals surface area contributed by atoms with Crippen LogP contribution in [0.25, 0.3) is 5.65 Å². The zero-order chi connectivity index (χ0) is 26.9. The molecule has 1 saturated heterocycles. The van der Waals surface area contributed by atoms with Crippen molar-refractivity contribution < 1.29 is 22.4 Å². The maximum absolute atomic E-state index is 13.2. The number of benzene rings is 2. The van der Waals surface area contributed by atoms with Crippen molar-refractivity contribution in [2.75, 3.05) is 18.0 Å². The largest absolute Gasteiger partial charge is 0.417 e. The first-order valence-corrected chi connectivity index (χ1v) is 12.7. The van der Waals surface area contributed by atoms with Crippen LogP contribution < -0.4 is 10.2 Å².